The molecular weight excluding hydrogens is 386 g/mol. The Labute approximate surface area is 174 Å². The lowest BCUT2D eigenvalue weighted by Gasteiger charge is -2.23. The molecule has 0 saturated carbocycles. The number of aromatic nitrogens is 1. The van der Waals surface area contributed by atoms with E-state index in [2.05, 4.69) is 4.98 Å². The number of hydrogen-bond donors (Lipinski definition) is 0. The summed E-state index contributed by atoms with van der Waals surface area (Å²) >= 11 is 0. The van der Waals surface area contributed by atoms with Crippen LogP contribution < -0.4 is 4.90 Å². The summed E-state index contributed by atoms with van der Waals surface area (Å²) in [5.74, 6) is 0.340. The number of esters is 1. The van der Waals surface area contributed by atoms with E-state index in [-0.39, 0.29) is 17.9 Å². The van der Waals surface area contributed by atoms with Gasteiger partial charge in [0, 0.05) is 30.8 Å². The summed E-state index contributed by atoms with van der Waals surface area (Å²) in [6.45, 7) is 6.85. The lowest BCUT2D eigenvalue weighted by atomic mass is 10.1. The molecule has 0 atom stereocenters. The number of carbonyl (C=O) groups is 1. The molecule has 0 N–H and O–H groups in total. The second-order valence-electron chi connectivity index (χ2n) is 6.59. The SMILES string of the molecule is CCN(CC)c1ccc([N+](=O)[O-])cc1C(=O)OCc1nc(-c2ccccc2)oc1C. The van der Waals surface area contributed by atoms with Crippen molar-refractivity contribution in [3.63, 3.8) is 0 Å². The van der Waals surface area contributed by atoms with Crippen LogP contribution in [0.3, 0.4) is 0 Å². The van der Waals surface area contributed by atoms with Gasteiger partial charge in [-0.25, -0.2) is 9.78 Å². The highest BCUT2D eigenvalue weighted by Gasteiger charge is 2.22. The van der Waals surface area contributed by atoms with Crippen molar-refractivity contribution in [1.29, 1.82) is 0 Å². The molecule has 0 saturated heterocycles. The van der Waals surface area contributed by atoms with Crippen molar-refractivity contribution in [2.24, 2.45) is 0 Å². The fourth-order valence-electron chi connectivity index (χ4n) is 3.12. The highest BCUT2D eigenvalue weighted by atomic mass is 16.6. The van der Waals surface area contributed by atoms with E-state index in [0.717, 1.165) is 5.56 Å². The molecule has 8 heteroatoms. The number of rotatable bonds is 8. The van der Waals surface area contributed by atoms with Crippen molar-refractivity contribution < 1.29 is 18.9 Å². The number of nitro groups is 1. The van der Waals surface area contributed by atoms with Crippen LogP contribution in [0.15, 0.2) is 52.9 Å². The predicted molar refractivity (Wildman–Crippen MR) is 112 cm³/mol. The Balaban J connectivity index is 1.83. The van der Waals surface area contributed by atoms with Gasteiger partial charge in [0.25, 0.3) is 5.69 Å². The Kier molecular flexibility index (Phi) is 6.46. The Morgan fingerprint density at radius 1 is 1.17 bits per heavy atom. The molecule has 0 unspecified atom stereocenters. The molecule has 1 aromatic heterocycles. The first kappa shape index (κ1) is 21.0. The maximum absolute atomic E-state index is 12.8. The van der Waals surface area contributed by atoms with Crippen LogP contribution in [-0.4, -0.2) is 29.0 Å². The summed E-state index contributed by atoms with van der Waals surface area (Å²) < 4.78 is 11.1. The van der Waals surface area contributed by atoms with E-state index in [1.807, 2.05) is 49.1 Å². The maximum Gasteiger partial charge on any atom is 0.340 e. The number of hydrogen-bond acceptors (Lipinski definition) is 7. The van der Waals surface area contributed by atoms with Crippen molar-refractivity contribution in [1.82, 2.24) is 4.98 Å². The number of ether oxygens (including phenoxy) is 1. The fraction of sp³-hybridized carbons (Fsp3) is 0.273. The van der Waals surface area contributed by atoms with Gasteiger partial charge in [0.2, 0.25) is 5.89 Å². The van der Waals surface area contributed by atoms with Crippen molar-refractivity contribution in [3.05, 3.63) is 75.7 Å². The van der Waals surface area contributed by atoms with Crippen molar-refractivity contribution in [2.45, 2.75) is 27.4 Å². The number of aryl methyl sites for hydroxylation is 1. The van der Waals surface area contributed by atoms with Gasteiger partial charge in [-0.3, -0.25) is 10.1 Å². The number of nitrogens with zero attached hydrogens (tertiary/aromatic N) is 3. The summed E-state index contributed by atoms with van der Waals surface area (Å²) in [6, 6.07) is 13.6. The first-order chi connectivity index (χ1) is 14.4. The zero-order chi connectivity index (χ0) is 21.7. The van der Waals surface area contributed by atoms with Crippen LogP contribution in [0.25, 0.3) is 11.5 Å². The molecule has 0 aliphatic heterocycles. The van der Waals surface area contributed by atoms with Crippen molar-refractivity contribution >= 4 is 17.3 Å². The molecule has 0 amide bonds. The van der Waals surface area contributed by atoms with Crippen LogP contribution in [0.2, 0.25) is 0 Å². The van der Waals surface area contributed by atoms with Gasteiger partial charge in [0.15, 0.2) is 0 Å². The average Bonchev–Trinajstić information content (AvgIpc) is 3.14. The summed E-state index contributed by atoms with van der Waals surface area (Å²) in [4.78, 5) is 29.8. The molecule has 1 heterocycles. The highest BCUT2D eigenvalue weighted by Crippen LogP contribution is 2.27. The third kappa shape index (κ3) is 4.48. The Hall–Kier alpha value is -3.68. The molecule has 30 heavy (non-hydrogen) atoms. The lowest BCUT2D eigenvalue weighted by molar-refractivity contribution is -0.384. The molecule has 0 bridgehead atoms. The topological polar surface area (TPSA) is 98.7 Å². The summed E-state index contributed by atoms with van der Waals surface area (Å²) in [6.07, 6.45) is 0. The second kappa shape index (κ2) is 9.21. The van der Waals surface area contributed by atoms with Gasteiger partial charge >= 0.3 is 5.97 Å². The van der Waals surface area contributed by atoms with Gasteiger partial charge < -0.3 is 14.1 Å². The molecule has 8 nitrogen and oxygen atoms in total. The molecule has 0 radical (unpaired) electrons. The fourth-order valence-corrected chi connectivity index (χ4v) is 3.12. The Morgan fingerprint density at radius 3 is 2.50 bits per heavy atom. The molecule has 0 aliphatic carbocycles. The van der Waals surface area contributed by atoms with Gasteiger partial charge in [-0.05, 0) is 39.0 Å². The maximum atomic E-state index is 12.8. The lowest BCUT2D eigenvalue weighted by Crippen LogP contribution is -2.24. The first-order valence-electron chi connectivity index (χ1n) is 9.66. The first-order valence-corrected chi connectivity index (χ1v) is 9.66. The van der Waals surface area contributed by atoms with Crippen molar-refractivity contribution in [2.75, 3.05) is 18.0 Å². The van der Waals surface area contributed by atoms with Crippen molar-refractivity contribution in [3.8, 4) is 11.5 Å². The number of carbonyl (C=O) groups excluding carboxylic acids is 1. The van der Waals surface area contributed by atoms with Crippen LogP contribution in [0, 0.1) is 17.0 Å². The number of oxazole rings is 1. The minimum Gasteiger partial charge on any atom is -0.455 e. The number of anilines is 1. The van der Waals surface area contributed by atoms with E-state index in [9.17, 15) is 14.9 Å². The zero-order valence-corrected chi connectivity index (χ0v) is 17.1. The van der Waals surface area contributed by atoms with E-state index in [1.54, 1.807) is 13.0 Å². The zero-order valence-electron chi connectivity index (χ0n) is 17.1. The molecule has 3 rings (SSSR count). The third-order valence-corrected chi connectivity index (χ3v) is 4.77. The third-order valence-electron chi connectivity index (χ3n) is 4.77. The molecule has 2 aromatic carbocycles. The van der Waals surface area contributed by atoms with Crippen LogP contribution in [0.1, 0.15) is 35.7 Å². The molecule has 0 fully saturated rings. The minimum atomic E-state index is -0.649. The number of benzene rings is 2. The van der Waals surface area contributed by atoms with E-state index in [1.165, 1.54) is 12.1 Å². The van der Waals surface area contributed by atoms with Crippen LogP contribution in [0.4, 0.5) is 11.4 Å². The molecule has 0 aliphatic rings. The summed E-state index contributed by atoms with van der Waals surface area (Å²) in [5.41, 5.74) is 1.90. The normalized spacial score (nSPS) is 10.6. The van der Waals surface area contributed by atoms with E-state index in [4.69, 9.17) is 9.15 Å². The Bertz CT molecular complexity index is 1040. The quantitative estimate of drug-likeness (QED) is 0.300. The van der Waals surface area contributed by atoms with E-state index in [0.29, 0.717) is 36.1 Å². The smallest absolute Gasteiger partial charge is 0.340 e. The molecule has 0 spiro atoms. The van der Waals surface area contributed by atoms with E-state index >= 15 is 0 Å². The number of non-ortho nitro benzene ring substituents is 1. The minimum absolute atomic E-state index is 0.0959. The van der Waals surface area contributed by atoms with Gasteiger partial charge in [0.1, 0.15) is 18.1 Å². The van der Waals surface area contributed by atoms with Crippen LogP contribution in [-0.2, 0) is 11.3 Å². The standard InChI is InChI=1S/C22H23N3O5/c1-4-24(5-2)20-12-11-17(25(27)28)13-18(20)22(26)29-14-19-15(3)30-21(23-19)16-9-7-6-8-10-16/h6-13H,4-5,14H2,1-3H3. The second-order valence-corrected chi connectivity index (χ2v) is 6.59. The molecule has 156 valence electrons. The van der Waals surface area contributed by atoms with Gasteiger partial charge in [-0.1, -0.05) is 18.2 Å². The van der Waals surface area contributed by atoms with E-state index < -0.39 is 10.9 Å². The average molecular weight is 409 g/mol. The highest BCUT2D eigenvalue weighted by molar-refractivity contribution is 5.96. The van der Waals surface area contributed by atoms with Gasteiger partial charge in [-0.15, -0.1) is 0 Å². The molecule has 3 aromatic rings. The van der Waals surface area contributed by atoms with Gasteiger partial charge in [-0.2, -0.15) is 0 Å². The van der Waals surface area contributed by atoms with Gasteiger partial charge in [0.05, 0.1) is 16.2 Å². The summed E-state index contributed by atoms with van der Waals surface area (Å²) in [7, 11) is 0. The monoisotopic (exact) mass is 409 g/mol. The Morgan fingerprint density at radius 2 is 1.87 bits per heavy atom. The van der Waals surface area contributed by atoms with Crippen LogP contribution in [0.5, 0.6) is 0 Å². The number of nitro benzene ring substituents is 1. The van der Waals surface area contributed by atoms with Crippen LogP contribution >= 0.6 is 0 Å². The predicted octanol–water partition coefficient (Wildman–Crippen LogP) is 4.76. The largest absolute Gasteiger partial charge is 0.455 e. The molecular formula is C22H23N3O5. The summed E-state index contributed by atoms with van der Waals surface area (Å²) in [5, 5.41) is 11.2.